The van der Waals surface area contributed by atoms with Gasteiger partial charge in [-0.2, -0.15) is 0 Å². The molecule has 0 bridgehead atoms. The molecule has 7 nitrogen and oxygen atoms in total. The second-order valence-corrected chi connectivity index (χ2v) is 6.57. The third kappa shape index (κ3) is 3.16. The van der Waals surface area contributed by atoms with Gasteiger partial charge in [-0.25, -0.2) is 0 Å². The Morgan fingerprint density at radius 2 is 2.04 bits per heavy atom. The van der Waals surface area contributed by atoms with Gasteiger partial charge in [0.1, 0.15) is 17.2 Å². The first kappa shape index (κ1) is 16.6. The number of nitrogens with zero attached hydrogens (tertiary/aromatic N) is 4. The van der Waals surface area contributed by atoms with Gasteiger partial charge in [0, 0.05) is 31.0 Å². The van der Waals surface area contributed by atoms with Gasteiger partial charge in [0.15, 0.2) is 11.8 Å². The van der Waals surface area contributed by atoms with E-state index in [1.807, 2.05) is 18.2 Å². The average Bonchev–Trinajstić information content (AvgIpc) is 3.24. The number of hydrogen-bond acceptors (Lipinski definition) is 4. The lowest BCUT2D eigenvalue weighted by Gasteiger charge is -2.16. The zero-order valence-electron chi connectivity index (χ0n) is 15.2. The van der Waals surface area contributed by atoms with Gasteiger partial charge in [-0.3, -0.25) is 4.99 Å². The van der Waals surface area contributed by atoms with Crippen LogP contribution in [0.4, 0.5) is 0 Å². The lowest BCUT2D eigenvalue weighted by Crippen LogP contribution is -2.37. The molecule has 3 heterocycles. The normalized spacial score (nSPS) is 14.5. The Morgan fingerprint density at radius 3 is 2.88 bits per heavy atom. The highest BCUT2D eigenvalue weighted by Gasteiger charge is 2.16. The van der Waals surface area contributed by atoms with Crippen molar-refractivity contribution in [1.82, 2.24) is 25.4 Å². The quantitative estimate of drug-likeness (QED) is 0.557. The predicted molar refractivity (Wildman–Crippen MR) is 101 cm³/mol. The van der Waals surface area contributed by atoms with Gasteiger partial charge in [0.05, 0.1) is 13.1 Å². The van der Waals surface area contributed by atoms with Crippen LogP contribution in [0, 0.1) is 6.92 Å². The molecule has 0 aliphatic carbocycles. The summed E-state index contributed by atoms with van der Waals surface area (Å²) in [7, 11) is 1.76. The summed E-state index contributed by atoms with van der Waals surface area (Å²) in [5.74, 6) is 3.70. The fourth-order valence-corrected chi connectivity index (χ4v) is 3.44. The van der Waals surface area contributed by atoms with Gasteiger partial charge < -0.3 is 19.6 Å². The minimum Gasteiger partial charge on any atom is -0.459 e. The predicted octanol–water partition coefficient (Wildman–Crippen LogP) is 2.53. The second kappa shape index (κ2) is 7.19. The molecule has 3 aromatic rings. The minimum absolute atomic E-state index is 0.581. The highest BCUT2D eigenvalue weighted by Crippen LogP contribution is 2.24. The van der Waals surface area contributed by atoms with Crippen LogP contribution in [0.5, 0.6) is 0 Å². The van der Waals surface area contributed by atoms with Gasteiger partial charge in [0.25, 0.3) is 0 Å². The minimum atomic E-state index is 0.581. The van der Waals surface area contributed by atoms with Crippen LogP contribution >= 0.6 is 0 Å². The third-order valence-corrected chi connectivity index (χ3v) is 4.93. The summed E-state index contributed by atoms with van der Waals surface area (Å²) in [6.45, 7) is 4.27. The van der Waals surface area contributed by atoms with Crippen molar-refractivity contribution in [3.63, 3.8) is 0 Å². The fraction of sp³-hybridized carbons (Fsp3) is 0.421. The Balaban J connectivity index is 1.39. The molecular weight excluding hydrogens is 328 g/mol. The van der Waals surface area contributed by atoms with Crippen molar-refractivity contribution in [2.45, 2.75) is 45.8 Å². The SMILES string of the molecule is CN=C(NCc1oc2ccccc2c1C)NCc1nnc2n1CCCC2. The van der Waals surface area contributed by atoms with Crippen LogP contribution in [0.1, 0.15) is 35.8 Å². The molecule has 0 spiro atoms. The molecule has 1 aliphatic rings. The molecule has 7 heteroatoms. The van der Waals surface area contributed by atoms with Gasteiger partial charge >= 0.3 is 0 Å². The van der Waals surface area contributed by atoms with E-state index in [1.165, 1.54) is 12.8 Å². The van der Waals surface area contributed by atoms with Crippen molar-refractivity contribution in [2.75, 3.05) is 7.05 Å². The molecule has 0 saturated heterocycles. The molecule has 2 N–H and O–H groups in total. The van der Waals surface area contributed by atoms with Gasteiger partial charge in [0.2, 0.25) is 0 Å². The van der Waals surface area contributed by atoms with Crippen molar-refractivity contribution in [3.8, 4) is 0 Å². The van der Waals surface area contributed by atoms with E-state index in [-0.39, 0.29) is 0 Å². The number of aliphatic imine (C=N–C) groups is 1. The molecule has 1 aromatic carbocycles. The van der Waals surface area contributed by atoms with E-state index in [2.05, 4.69) is 43.4 Å². The first-order valence-corrected chi connectivity index (χ1v) is 9.08. The number of fused-ring (bicyclic) bond motifs is 2. The fourth-order valence-electron chi connectivity index (χ4n) is 3.44. The zero-order chi connectivity index (χ0) is 17.9. The van der Waals surface area contributed by atoms with Gasteiger partial charge in [-0.15, -0.1) is 10.2 Å². The van der Waals surface area contributed by atoms with Gasteiger partial charge in [-0.05, 0) is 25.8 Å². The summed E-state index contributed by atoms with van der Waals surface area (Å²) in [5.41, 5.74) is 2.08. The van der Waals surface area contributed by atoms with E-state index >= 15 is 0 Å². The van der Waals surface area contributed by atoms with Crippen LogP contribution in [-0.2, 0) is 26.1 Å². The van der Waals surface area contributed by atoms with Crippen molar-refractivity contribution in [3.05, 3.63) is 47.2 Å². The standard InChI is InChI=1S/C19H24N6O/c1-13-14-7-3-4-8-15(14)26-16(13)11-21-19(20-2)22-12-18-24-23-17-9-5-6-10-25(17)18/h3-4,7-8H,5-6,9-12H2,1-2H3,(H2,20,21,22). The first-order valence-electron chi connectivity index (χ1n) is 9.08. The van der Waals surface area contributed by atoms with Crippen LogP contribution in [-0.4, -0.2) is 27.8 Å². The maximum Gasteiger partial charge on any atom is 0.191 e. The summed E-state index contributed by atoms with van der Waals surface area (Å²) in [6.07, 6.45) is 3.41. The summed E-state index contributed by atoms with van der Waals surface area (Å²) >= 11 is 0. The van der Waals surface area contributed by atoms with Crippen LogP contribution in [0.2, 0.25) is 0 Å². The maximum atomic E-state index is 5.95. The molecule has 0 radical (unpaired) electrons. The van der Waals surface area contributed by atoms with E-state index in [0.29, 0.717) is 13.1 Å². The molecule has 0 amide bonds. The molecule has 0 saturated carbocycles. The van der Waals surface area contributed by atoms with E-state index in [9.17, 15) is 0 Å². The molecule has 1 aliphatic heterocycles. The smallest absolute Gasteiger partial charge is 0.191 e. The largest absolute Gasteiger partial charge is 0.459 e. The number of para-hydroxylation sites is 1. The molecule has 0 fully saturated rings. The van der Waals surface area contributed by atoms with Crippen LogP contribution in [0.25, 0.3) is 11.0 Å². The highest BCUT2D eigenvalue weighted by atomic mass is 16.3. The number of benzene rings is 1. The zero-order valence-corrected chi connectivity index (χ0v) is 15.2. The van der Waals surface area contributed by atoms with Crippen molar-refractivity contribution in [1.29, 1.82) is 0 Å². The van der Waals surface area contributed by atoms with E-state index in [0.717, 1.165) is 52.9 Å². The van der Waals surface area contributed by atoms with Crippen molar-refractivity contribution >= 4 is 16.9 Å². The Kier molecular flexibility index (Phi) is 4.60. The number of furan rings is 1. The number of aryl methyl sites for hydroxylation is 2. The number of rotatable bonds is 4. The highest BCUT2D eigenvalue weighted by molar-refractivity contribution is 5.82. The Labute approximate surface area is 152 Å². The lowest BCUT2D eigenvalue weighted by atomic mass is 10.1. The van der Waals surface area contributed by atoms with Gasteiger partial charge in [-0.1, -0.05) is 18.2 Å². The van der Waals surface area contributed by atoms with E-state index in [4.69, 9.17) is 4.42 Å². The second-order valence-electron chi connectivity index (χ2n) is 6.57. The summed E-state index contributed by atoms with van der Waals surface area (Å²) in [5, 5.41) is 16.4. The summed E-state index contributed by atoms with van der Waals surface area (Å²) in [6, 6.07) is 8.09. The lowest BCUT2D eigenvalue weighted by molar-refractivity contribution is 0.504. The molecule has 4 rings (SSSR count). The molecule has 26 heavy (non-hydrogen) atoms. The van der Waals surface area contributed by atoms with Crippen LogP contribution < -0.4 is 10.6 Å². The number of nitrogens with one attached hydrogen (secondary N) is 2. The monoisotopic (exact) mass is 352 g/mol. The number of aromatic nitrogens is 3. The molecule has 0 unspecified atom stereocenters. The number of hydrogen-bond donors (Lipinski definition) is 2. The number of guanidine groups is 1. The molecular formula is C19H24N6O. The van der Waals surface area contributed by atoms with Crippen molar-refractivity contribution in [2.24, 2.45) is 4.99 Å². The first-order chi connectivity index (χ1) is 12.8. The Hall–Kier alpha value is -2.83. The summed E-state index contributed by atoms with van der Waals surface area (Å²) < 4.78 is 8.16. The summed E-state index contributed by atoms with van der Waals surface area (Å²) in [4.78, 5) is 4.29. The Morgan fingerprint density at radius 1 is 1.19 bits per heavy atom. The topological polar surface area (TPSA) is 80.3 Å². The van der Waals surface area contributed by atoms with Crippen molar-refractivity contribution < 1.29 is 4.42 Å². The third-order valence-electron chi connectivity index (χ3n) is 4.93. The molecule has 136 valence electrons. The average molecular weight is 352 g/mol. The van der Waals surface area contributed by atoms with E-state index in [1.54, 1.807) is 7.05 Å². The Bertz CT molecular complexity index is 939. The van der Waals surface area contributed by atoms with Crippen LogP contribution in [0.3, 0.4) is 0 Å². The van der Waals surface area contributed by atoms with E-state index < -0.39 is 0 Å². The maximum absolute atomic E-state index is 5.95. The molecule has 0 atom stereocenters. The molecule has 2 aromatic heterocycles. The van der Waals surface area contributed by atoms with Crippen LogP contribution in [0.15, 0.2) is 33.7 Å².